The predicted molar refractivity (Wildman–Crippen MR) is 131 cm³/mol. The fraction of sp³-hybridized carbons (Fsp3) is 0.667. The lowest BCUT2D eigenvalue weighted by Crippen LogP contribution is -2.55. The fourth-order valence-electron chi connectivity index (χ4n) is 3.85. The van der Waals surface area contributed by atoms with Gasteiger partial charge >= 0.3 is 6.61 Å². The van der Waals surface area contributed by atoms with Crippen molar-refractivity contribution in [3.05, 3.63) is 17.7 Å². The highest BCUT2D eigenvalue weighted by Crippen LogP contribution is 2.38. The Kier molecular flexibility index (Phi) is 10.5. The molecular weight excluding hydrogens is 535 g/mol. The number of aliphatic imine (C=N–C) groups is 1. The Morgan fingerprint density at radius 1 is 1.12 bits per heavy atom. The molecule has 182 valence electrons. The van der Waals surface area contributed by atoms with Gasteiger partial charge in [-0.05, 0) is 19.0 Å². The maximum Gasteiger partial charge on any atom is 0.387 e. The van der Waals surface area contributed by atoms with Gasteiger partial charge in [0.05, 0.1) is 0 Å². The summed E-state index contributed by atoms with van der Waals surface area (Å²) in [5.74, 6) is 2.04. The lowest BCUT2D eigenvalue weighted by Gasteiger charge is -2.40. The molecule has 1 unspecified atom stereocenters. The number of hydrogen-bond acceptors (Lipinski definition) is 6. The number of alkyl halides is 2. The summed E-state index contributed by atoms with van der Waals surface area (Å²) >= 11 is 0. The summed E-state index contributed by atoms with van der Waals surface area (Å²) in [7, 11) is 3.83. The summed E-state index contributed by atoms with van der Waals surface area (Å²) in [4.78, 5) is 9.13. The van der Waals surface area contributed by atoms with Gasteiger partial charge in [-0.3, -0.25) is 9.89 Å². The van der Waals surface area contributed by atoms with Gasteiger partial charge in [-0.1, -0.05) is 13.8 Å². The Hall–Kier alpha value is -1.60. The van der Waals surface area contributed by atoms with Crippen LogP contribution in [0.25, 0.3) is 0 Å². The second-order valence-electron chi connectivity index (χ2n) is 8.15. The quantitative estimate of drug-likeness (QED) is 0.284. The average molecular weight is 569 g/mol. The number of rotatable bonds is 8. The molecule has 1 saturated heterocycles. The normalized spacial score (nSPS) is 17.9. The summed E-state index contributed by atoms with van der Waals surface area (Å²) in [6.45, 7) is 6.78. The van der Waals surface area contributed by atoms with E-state index in [0.717, 1.165) is 32.7 Å². The molecule has 1 aromatic carbocycles. The van der Waals surface area contributed by atoms with E-state index in [0.29, 0.717) is 35.0 Å². The van der Waals surface area contributed by atoms with Crippen molar-refractivity contribution < 1.29 is 23.0 Å². The van der Waals surface area contributed by atoms with E-state index in [1.165, 1.54) is 6.07 Å². The highest BCUT2D eigenvalue weighted by molar-refractivity contribution is 14.0. The van der Waals surface area contributed by atoms with E-state index in [2.05, 4.69) is 51.1 Å². The highest BCUT2D eigenvalue weighted by atomic mass is 127. The van der Waals surface area contributed by atoms with Gasteiger partial charge in [0.25, 0.3) is 0 Å². The van der Waals surface area contributed by atoms with Crippen LogP contribution in [0.15, 0.2) is 17.1 Å². The van der Waals surface area contributed by atoms with E-state index in [1.54, 1.807) is 13.1 Å². The minimum Gasteiger partial charge on any atom is -0.454 e. The number of hydrogen-bond donors (Lipinski definition) is 2. The SMILES string of the molecule is CN=C(NCc1cc2c(cc1OC(F)F)OCO2)NCC(C(C)C)N1CCN(C)CC1.I. The topological polar surface area (TPSA) is 70.6 Å². The van der Waals surface area contributed by atoms with Crippen LogP contribution in [-0.2, 0) is 6.54 Å². The number of nitrogens with zero attached hydrogens (tertiary/aromatic N) is 3. The monoisotopic (exact) mass is 569 g/mol. The summed E-state index contributed by atoms with van der Waals surface area (Å²) in [5, 5.41) is 6.57. The molecule has 11 heteroatoms. The number of benzene rings is 1. The number of fused-ring (bicyclic) bond motifs is 1. The average Bonchev–Trinajstić information content (AvgIpc) is 3.18. The van der Waals surface area contributed by atoms with E-state index in [4.69, 9.17) is 9.47 Å². The van der Waals surface area contributed by atoms with Gasteiger partial charge in [-0.15, -0.1) is 24.0 Å². The Labute approximate surface area is 205 Å². The molecular formula is C21H34F2IN5O3. The standard InChI is InChI=1S/C21H33F2N5O3.HI/c1-14(2)16(28-7-5-27(4)6-8-28)12-26-21(24-3)25-11-15-9-18-19(30-13-29-18)10-17(15)31-20(22)23;/h9-10,14,16,20H,5-8,11-13H2,1-4H3,(H2,24,25,26);1H. The van der Waals surface area contributed by atoms with Crippen LogP contribution in [0.5, 0.6) is 17.2 Å². The van der Waals surface area contributed by atoms with Crippen molar-refractivity contribution in [2.45, 2.75) is 33.0 Å². The van der Waals surface area contributed by atoms with Crippen molar-refractivity contribution in [1.29, 1.82) is 0 Å². The molecule has 2 N–H and O–H groups in total. The molecule has 0 amide bonds. The first-order valence-corrected chi connectivity index (χ1v) is 10.6. The van der Waals surface area contributed by atoms with Crippen molar-refractivity contribution in [3.8, 4) is 17.2 Å². The van der Waals surface area contributed by atoms with Crippen molar-refractivity contribution in [2.75, 3.05) is 53.6 Å². The second kappa shape index (κ2) is 12.6. The minimum atomic E-state index is -2.92. The fourth-order valence-corrected chi connectivity index (χ4v) is 3.85. The molecule has 0 aliphatic carbocycles. The summed E-state index contributed by atoms with van der Waals surface area (Å²) in [5.41, 5.74) is 0.534. The molecule has 32 heavy (non-hydrogen) atoms. The van der Waals surface area contributed by atoms with Crippen LogP contribution < -0.4 is 24.8 Å². The maximum atomic E-state index is 12.8. The summed E-state index contributed by atoms with van der Waals surface area (Å²) in [6.07, 6.45) is 0. The molecule has 2 aliphatic rings. The molecule has 1 aromatic rings. The molecule has 0 aromatic heterocycles. The van der Waals surface area contributed by atoms with E-state index in [1.807, 2.05) is 0 Å². The van der Waals surface area contributed by atoms with Gasteiger partial charge in [0.15, 0.2) is 17.5 Å². The second-order valence-corrected chi connectivity index (χ2v) is 8.15. The molecule has 0 bridgehead atoms. The van der Waals surface area contributed by atoms with Crippen LogP contribution in [0.3, 0.4) is 0 Å². The van der Waals surface area contributed by atoms with E-state index in [-0.39, 0.29) is 43.1 Å². The number of guanidine groups is 1. The van der Waals surface area contributed by atoms with Crippen molar-refractivity contribution in [2.24, 2.45) is 10.9 Å². The Bertz CT molecular complexity index is 761. The zero-order valence-electron chi connectivity index (χ0n) is 19.1. The van der Waals surface area contributed by atoms with E-state index >= 15 is 0 Å². The number of likely N-dealkylation sites (N-methyl/N-ethyl adjacent to an activating group) is 1. The number of piperazine rings is 1. The number of halogens is 3. The smallest absolute Gasteiger partial charge is 0.387 e. The molecule has 2 aliphatic heterocycles. The number of ether oxygens (including phenoxy) is 3. The van der Waals surface area contributed by atoms with Crippen molar-refractivity contribution >= 4 is 29.9 Å². The van der Waals surface area contributed by atoms with Crippen LogP contribution in [0.1, 0.15) is 19.4 Å². The zero-order valence-corrected chi connectivity index (χ0v) is 21.4. The molecule has 0 spiro atoms. The molecule has 8 nitrogen and oxygen atoms in total. The Balaban J connectivity index is 0.00000363. The minimum absolute atomic E-state index is 0. The maximum absolute atomic E-state index is 12.8. The van der Waals surface area contributed by atoms with Crippen LogP contribution >= 0.6 is 24.0 Å². The largest absolute Gasteiger partial charge is 0.454 e. The van der Waals surface area contributed by atoms with E-state index < -0.39 is 6.61 Å². The molecule has 3 rings (SSSR count). The van der Waals surface area contributed by atoms with Crippen LogP contribution in [0.2, 0.25) is 0 Å². The first-order chi connectivity index (χ1) is 14.9. The third-order valence-electron chi connectivity index (χ3n) is 5.70. The Morgan fingerprint density at radius 2 is 1.78 bits per heavy atom. The molecule has 0 saturated carbocycles. The lowest BCUT2D eigenvalue weighted by atomic mass is 10.0. The lowest BCUT2D eigenvalue weighted by molar-refractivity contribution is -0.0505. The first kappa shape index (κ1) is 26.7. The third-order valence-corrected chi connectivity index (χ3v) is 5.70. The molecule has 1 atom stereocenters. The molecule has 0 radical (unpaired) electrons. The summed E-state index contributed by atoms with van der Waals surface area (Å²) < 4.78 is 41.0. The van der Waals surface area contributed by atoms with Crippen LogP contribution in [0.4, 0.5) is 8.78 Å². The Morgan fingerprint density at radius 3 is 2.38 bits per heavy atom. The van der Waals surface area contributed by atoms with Crippen LogP contribution in [0, 0.1) is 5.92 Å². The highest BCUT2D eigenvalue weighted by Gasteiger charge is 2.25. The van der Waals surface area contributed by atoms with Gasteiger partial charge in [0.1, 0.15) is 5.75 Å². The molecule has 1 fully saturated rings. The third kappa shape index (κ3) is 7.20. The number of nitrogens with one attached hydrogen (secondary N) is 2. The first-order valence-electron chi connectivity index (χ1n) is 10.6. The zero-order chi connectivity index (χ0) is 22.4. The van der Waals surface area contributed by atoms with Gasteiger partial charge < -0.3 is 29.7 Å². The van der Waals surface area contributed by atoms with Crippen LogP contribution in [-0.4, -0.2) is 82.0 Å². The van der Waals surface area contributed by atoms with Crippen molar-refractivity contribution in [1.82, 2.24) is 20.4 Å². The molecule has 2 heterocycles. The van der Waals surface area contributed by atoms with Gasteiger partial charge in [0, 0.05) is 64.0 Å². The van der Waals surface area contributed by atoms with Gasteiger partial charge in [-0.2, -0.15) is 8.78 Å². The predicted octanol–water partition coefficient (Wildman–Crippen LogP) is 2.57. The van der Waals surface area contributed by atoms with E-state index in [9.17, 15) is 8.78 Å². The van der Waals surface area contributed by atoms with Gasteiger partial charge in [0.2, 0.25) is 6.79 Å². The van der Waals surface area contributed by atoms with Gasteiger partial charge in [-0.25, -0.2) is 0 Å². The van der Waals surface area contributed by atoms with Crippen molar-refractivity contribution in [3.63, 3.8) is 0 Å². The summed E-state index contributed by atoms with van der Waals surface area (Å²) in [6, 6.07) is 3.46.